The minimum Gasteiger partial charge on any atom is -0.356 e. The summed E-state index contributed by atoms with van der Waals surface area (Å²) in [6.45, 7) is 1.40. The Hall–Kier alpha value is -1.68. The zero-order valence-corrected chi connectivity index (χ0v) is 11.7. The van der Waals surface area contributed by atoms with Gasteiger partial charge in [-0.2, -0.15) is 0 Å². The summed E-state index contributed by atoms with van der Waals surface area (Å²) in [7, 11) is 1.80. The Morgan fingerprint density at radius 1 is 1.28 bits per heavy atom. The predicted molar refractivity (Wildman–Crippen MR) is 74.8 cm³/mol. The summed E-state index contributed by atoms with van der Waals surface area (Å²) in [5, 5.41) is 0. The van der Waals surface area contributed by atoms with Gasteiger partial charge in [0.15, 0.2) is 11.2 Å². The number of halogens is 1. The molecule has 3 nitrogen and oxygen atoms in total. The van der Waals surface area contributed by atoms with Gasteiger partial charge in [-0.25, -0.2) is 0 Å². The number of benzene rings is 1. The van der Waals surface area contributed by atoms with E-state index in [-0.39, 0.29) is 16.8 Å². The summed E-state index contributed by atoms with van der Waals surface area (Å²) in [6.07, 6.45) is 3.29. The van der Waals surface area contributed by atoms with Crippen molar-refractivity contribution in [2.75, 3.05) is 0 Å². The number of nitrogens with zero attached hydrogens (tertiary/aromatic N) is 1. The molecular formula is C14H12BrNO2. The Morgan fingerprint density at radius 3 is 2.61 bits per heavy atom. The van der Waals surface area contributed by atoms with E-state index < -0.39 is 0 Å². The molecule has 0 fully saturated rings. The molecule has 1 heterocycles. The van der Waals surface area contributed by atoms with Crippen molar-refractivity contribution < 1.29 is 4.79 Å². The van der Waals surface area contributed by atoms with E-state index in [1.165, 1.54) is 6.92 Å². The van der Waals surface area contributed by atoms with Crippen LogP contribution in [0.15, 0.2) is 45.9 Å². The molecule has 0 saturated carbocycles. The first kappa shape index (κ1) is 12.8. The molecule has 0 amide bonds. The lowest BCUT2D eigenvalue weighted by atomic mass is 10.0. The van der Waals surface area contributed by atoms with Gasteiger partial charge in [-0.15, -0.1) is 0 Å². The summed E-state index contributed by atoms with van der Waals surface area (Å²) >= 11 is 3.37. The molecule has 4 heteroatoms. The summed E-state index contributed by atoms with van der Waals surface area (Å²) in [5.74, 6) is -0.215. The highest BCUT2D eigenvalue weighted by molar-refractivity contribution is 9.10. The van der Waals surface area contributed by atoms with Gasteiger partial charge in [-0.1, -0.05) is 28.1 Å². The van der Waals surface area contributed by atoms with Crippen LogP contribution in [0.3, 0.4) is 0 Å². The maximum absolute atomic E-state index is 12.2. The highest BCUT2D eigenvalue weighted by Crippen LogP contribution is 2.20. The van der Waals surface area contributed by atoms with Gasteiger partial charge < -0.3 is 4.57 Å². The van der Waals surface area contributed by atoms with Crippen LogP contribution in [0.2, 0.25) is 0 Å². The highest BCUT2D eigenvalue weighted by Gasteiger charge is 2.12. The average Bonchev–Trinajstić information content (AvgIpc) is 2.31. The number of aromatic nitrogens is 1. The van der Waals surface area contributed by atoms with Gasteiger partial charge in [0, 0.05) is 29.5 Å². The Balaban J connectivity index is 2.72. The average molecular weight is 306 g/mol. The predicted octanol–water partition coefficient (Wildman–Crippen LogP) is 3.02. The smallest absolute Gasteiger partial charge is 0.200 e. The largest absolute Gasteiger partial charge is 0.356 e. The van der Waals surface area contributed by atoms with Crippen LogP contribution in [0.25, 0.3) is 11.1 Å². The van der Waals surface area contributed by atoms with Crippen LogP contribution < -0.4 is 5.43 Å². The second-order valence-corrected chi connectivity index (χ2v) is 5.06. The second kappa shape index (κ2) is 4.90. The summed E-state index contributed by atoms with van der Waals surface area (Å²) < 4.78 is 2.63. The topological polar surface area (TPSA) is 39.1 Å². The van der Waals surface area contributed by atoms with Crippen molar-refractivity contribution in [2.45, 2.75) is 6.92 Å². The molecule has 2 aromatic rings. The fraction of sp³-hybridized carbons (Fsp3) is 0.143. The first-order valence-corrected chi connectivity index (χ1v) is 6.25. The molecule has 1 aromatic carbocycles. The van der Waals surface area contributed by atoms with Crippen LogP contribution in [-0.4, -0.2) is 10.4 Å². The second-order valence-electron chi connectivity index (χ2n) is 4.15. The number of pyridine rings is 1. The summed E-state index contributed by atoms with van der Waals surface area (Å²) in [5.41, 5.74) is 1.33. The van der Waals surface area contributed by atoms with E-state index in [1.807, 2.05) is 24.3 Å². The molecule has 0 aliphatic heterocycles. The van der Waals surface area contributed by atoms with Crippen LogP contribution in [-0.2, 0) is 7.05 Å². The first-order valence-electron chi connectivity index (χ1n) is 5.46. The standard InChI is InChI=1S/C14H12BrNO2/c1-9(17)12-7-16(2)8-13(14(12)18)10-4-3-5-11(15)6-10/h3-8H,1-2H3. The minimum absolute atomic E-state index is 0.215. The van der Waals surface area contributed by atoms with Crippen molar-refractivity contribution in [3.63, 3.8) is 0 Å². The highest BCUT2D eigenvalue weighted by atomic mass is 79.9. The molecule has 0 aliphatic carbocycles. The van der Waals surface area contributed by atoms with Gasteiger partial charge in [0.2, 0.25) is 0 Å². The molecule has 0 aliphatic rings. The number of Topliss-reactive ketones (excluding diaryl/α,β-unsaturated/α-hetero) is 1. The summed E-state index contributed by atoms with van der Waals surface area (Å²) in [6, 6.07) is 7.47. The number of carbonyl (C=O) groups is 1. The van der Waals surface area contributed by atoms with Gasteiger partial charge in [-0.05, 0) is 24.6 Å². The number of carbonyl (C=O) groups excluding carboxylic acids is 1. The number of rotatable bonds is 2. The van der Waals surface area contributed by atoms with Crippen molar-refractivity contribution in [3.05, 3.63) is 56.9 Å². The molecular weight excluding hydrogens is 294 g/mol. The Labute approximate surface area is 113 Å². The summed E-state index contributed by atoms with van der Waals surface area (Å²) in [4.78, 5) is 23.7. The van der Waals surface area contributed by atoms with Crippen LogP contribution >= 0.6 is 15.9 Å². The lowest BCUT2D eigenvalue weighted by Crippen LogP contribution is -2.17. The van der Waals surface area contributed by atoms with Gasteiger partial charge >= 0.3 is 0 Å². The lowest BCUT2D eigenvalue weighted by Gasteiger charge is -2.07. The van der Waals surface area contributed by atoms with Crippen LogP contribution in [0, 0.1) is 0 Å². The van der Waals surface area contributed by atoms with E-state index in [9.17, 15) is 9.59 Å². The van der Waals surface area contributed by atoms with Crippen molar-refractivity contribution in [2.24, 2.45) is 7.05 Å². The third kappa shape index (κ3) is 2.43. The van der Waals surface area contributed by atoms with E-state index in [4.69, 9.17) is 0 Å². The van der Waals surface area contributed by atoms with Crippen molar-refractivity contribution in [1.29, 1.82) is 0 Å². The Morgan fingerprint density at radius 2 is 2.00 bits per heavy atom. The molecule has 0 unspecified atom stereocenters. The Bertz CT molecular complexity index is 674. The van der Waals surface area contributed by atoms with Gasteiger partial charge in [0.25, 0.3) is 0 Å². The molecule has 0 spiro atoms. The molecule has 92 valence electrons. The SMILES string of the molecule is CC(=O)c1cn(C)cc(-c2cccc(Br)c2)c1=O. The van der Waals surface area contributed by atoms with Crippen molar-refractivity contribution in [3.8, 4) is 11.1 Å². The minimum atomic E-state index is -0.223. The molecule has 0 bridgehead atoms. The van der Waals surface area contributed by atoms with Crippen molar-refractivity contribution >= 4 is 21.7 Å². The molecule has 1 aromatic heterocycles. The maximum atomic E-state index is 12.2. The molecule has 0 atom stereocenters. The van der Waals surface area contributed by atoms with E-state index >= 15 is 0 Å². The molecule has 2 rings (SSSR count). The fourth-order valence-electron chi connectivity index (χ4n) is 1.82. The fourth-order valence-corrected chi connectivity index (χ4v) is 2.22. The first-order chi connectivity index (χ1) is 8.49. The van der Waals surface area contributed by atoms with Crippen molar-refractivity contribution in [1.82, 2.24) is 4.57 Å². The van der Waals surface area contributed by atoms with E-state index in [1.54, 1.807) is 24.0 Å². The molecule has 0 N–H and O–H groups in total. The quantitative estimate of drug-likeness (QED) is 0.800. The van der Waals surface area contributed by atoms with E-state index in [0.717, 1.165) is 10.0 Å². The van der Waals surface area contributed by atoms with E-state index in [0.29, 0.717) is 5.56 Å². The van der Waals surface area contributed by atoms with Gasteiger partial charge in [-0.3, -0.25) is 9.59 Å². The van der Waals surface area contributed by atoms with E-state index in [2.05, 4.69) is 15.9 Å². The van der Waals surface area contributed by atoms with Crippen LogP contribution in [0.1, 0.15) is 17.3 Å². The molecule has 18 heavy (non-hydrogen) atoms. The third-order valence-corrected chi connectivity index (χ3v) is 3.16. The number of aryl methyl sites for hydroxylation is 1. The monoisotopic (exact) mass is 305 g/mol. The zero-order valence-electron chi connectivity index (χ0n) is 10.1. The maximum Gasteiger partial charge on any atom is 0.200 e. The molecule has 0 saturated heterocycles. The number of hydrogen-bond acceptors (Lipinski definition) is 2. The van der Waals surface area contributed by atoms with Crippen LogP contribution in [0.4, 0.5) is 0 Å². The third-order valence-electron chi connectivity index (χ3n) is 2.67. The van der Waals surface area contributed by atoms with Gasteiger partial charge in [0.1, 0.15) is 0 Å². The zero-order chi connectivity index (χ0) is 13.3. The van der Waals surface area contributed by atoms with Crippen LogP contribution in [0.5, 0.6) is 0 Å². The number of ketones is 1. The molecule has 0 radical (unpaired) electrons. The van der Waals surface area contributed by atoms with Gasteiger partial charge in [0.05, 0.1) is 5.56 Å². The Kier molecular flexibility index (Phi) is 3.48. The normalized spacial score (nSPS) is 10.4. The lowest BCUT2D eigenvalue weighted by molar-refractivity contribution is 0.101. The number of hydrogen-bond donors (Lipinski definition) is 0.